The monoisotopic (exact) mass is 434 g/mol. The summed E-state index contributed by atoms with van der Waals surface area (Å²) in [7, 11) is 1.62. The highest BCUT2D eigenvalue weighted by Crippen LogP contribution is 2.65. The van der Waals surface area contributed by atoms with Crippen LogP contribution in [0.4, 0.5) is 0 Å². The van der Waals surface area contributed by atoms with Crippen molar-refractivity contribution in [1.82, 2.24) is 14.8 Å². The number of pyridine rings is 1. The van der Waals surface area contributed by atoms with Gasteiger partial charge in [-0.25, -0.2) is 0 Å². The number of rotatable bonds is 2. The topological polar surface area (TPSA) is 97.5 Å². The van der Waals surface area contributed by atoms with Gasteiger partial charge in [-0.05, 0) is 25.5 Å². The standard InChI is InChI=1S/C18H18N4O3S3/c1-16(9-19)8-18-14(25)21(3)17(2,27-15(26)28-18)13(24)22(18)12(16)10-4-5-11(7-23)20-6-10/h4-6,12,23H,7-8H2,1-3H3/t12-,16+,17-,18-/m0/s1. The van der Waals surface area contributed by atoms with E-state index < -0.39 is 21.2 Å². The minimum absolute atomic E-state index is 0.180. The zero-order valence-electron chi connectivity index (χ0n) is 15.5. The molecule has 0 aliphatic carbocycles. The van der Waals surface area contributed by atoms with Gasteiger partial charge in [-0.2, -0.15) is 5.26 Å². The smallest absolute Gasteiger partial charge is 0.261 e. The van der Waals surface area contributed by atoms with Crippen LogP contribution < -0.4 is 0 Å². The minimum Gasteiger partial charge on any atom is -0.390 e. The van der Waals surface area contributed by atoms with E-state index in [1.54, 1.807) is 44.1 Å². The maximum atomic E-state index is 13.7. The number of hydrogen-bond acceptors (Lipinski definition) is 8. The third kappa shape index (κ3) is 2.33. The number of thiocarbonyl (C=S) groups is 1. The number of nitriles is 1. The first-order chi connectivity index (χ1) is 13.1. The summed E-state index contributed by atoms with van der Waals surface area (Å²) < 4.78 is 0.519. The number of fused-ring (bicyclic) bond motifs is 3. The number of hydrogen-bond donors (Lipinski definition) is 1. The summed E-state index contributed by atoms with van der Waals surface area (Å²) in [5.41, 5.74) is 0.159. The van der Waals surface area contributed by atoms with Crippen LogP contribution in [0.25, 0.3) is 0 Å². The molecule has 4 atom stereocenters. The van der Waals surface area contributed by atoms with E-state index in [2.05, 4.69) is 11.1 Å². The zero-order chi connectivity index (χ0) is 20.5. The molecule has 4 saturated heterocycles. The lowest BCUT2D eigenvalue weighted by molar-refractivity contribution is -0.163. The van der Waals surface area contributed by atoms with Crippen LogP contribution >= 0.6 is 35.7 Å². The van der Waals surface area contributed by atoms with Gasteiger partial charge < -0.3 is 14.9 Å². The van der Waals surface area contributed by atoms with Gasteiger partial charge in [0.05, 0.1) is 29.8 Å². The van der Waals surface area contributed by atoms with Crippen LogP contribution in [-0.2, 0) is 16.2 Å². The maximum Gasteiger partial charge on any atom is 0.261 e. The van der Waals surface area contributed by atoms with Crippen LogP contribution in [0.15, 0.2) is 18.3 Å². The highest BCUT2D eigenvalue weighted by molar-refractivity contribution is 8.48. The molecule has 0 radical (unpaired) electrons. The second-order valence-electron chi connectivity index (χ2n) is 7.61. The van der Waals surface area contributed by atoms with Crippen molar-refractivity contribution >= 4 is 51.1 Å². The van der Waals surface area contributed by atoms with Crippen LogP contribution in [0.5, 0.6) is 0 Å². The van der Waals surface area contributed by atoms with Crippen molar-refractivity contribution in [2.45, 2.75) is 42.7 Å². The number of nitrogens with zero attached hydrogens (tertiary/aromatic N) is 4. The number of thioether (sulfide) groups is 2. The van der Waals surface area contributed by atoms with Crippen LogP contribution in [0.3, 0.4) is 0 Å². The number of carbonyl (C=O) groups is 2. The molecule has 1 N–H and O–H groups in total. The van der Waals surface area contributed by atoms with E-state index in [-0.39, 0.29) is 24.8 Å². The Balaban J connectivity index is 1.95. The number of aliphatic hydroxyl groups excluding tert-OH is 1. The van der Waals surface area contributed by atoms with Crippen molar-refractivity contribution in [1.29, 1.82) is 5.26 Å². The number of aromatic nitrogens is 1. The van der Waals surface area contributed by atoms with Gasteiger partial charge in [0.1, 0.15) is 3.53 Å². The van der Waals surface area contributed by atoms with Gasteiger partial charge in [-0.15, -0.1) is 0 Å². The average Bonchev–Trinajstić information content (AvgIpc) is 2.87. The molecule has 2 amide bonds. The third-order valence-electron chi connectivity index (χ3n) is 5.87. The first-order valence-corrected chi connectivity index (χ1v) is 10.7. The number of likely N-dealkylation sites (N-methyl/N-ethyl adjacent to an activating group) is 1. The fourth-order valence-electron chi connectivity index (χ4n) is 4.33. The molecule has 7 nitrogen and oxygen atoms in total. The number of carbonyl (C=O) groups excluding carboxylic acids is 2. The van der Waals surface area contributed by atoms with Gasteiger partial charge in [-0.3, -0.25) is 14.6 Å². The highest BCUT2D eigenvalue weighted by Gasteiger charge is 2.73. The summed E-state index contributed by atoms with van der Waals surface area (Å²) in [6.45, 7) is 3.27. The Morgan fingerprint density at radius 2 is 2.07 bits per heavy atom. The molecule has 5 heterocycles. The second-order valence-corrected chi connectivity index (χ2v) is 11.5. The molecule has 5 rings (SSSR count). The molecule has 0 aromatic carbocycles. The third-order valence-corrected chi connectivity index (χ3v) is 8.90. The average molecular weight is 435 g/mol. The van der Waals surface area contributed by atoms with Crippen molar-refractivity contribution in [3.8, 4) is 6.07 Å². The first kappa shape index (κ1) is 19.6. The van der Waals surface area contributed by atoms with Crippen molar-refractivity contribution < 1.29 is 14.7 Å². The van der Waals surface area contributed by atoms with Crippen molar-refractivity contribution in [3.05, 3.63) is 29.6 Å². The first-order valence-electron chi connectivity index (χ1n) is 8.64. The Hall–Kier alpha value is -1.67. The molecule has 2 bridgehead atoms. The van der Waals surface area contributed by atoms with E-state index >= 15 is 0 Å². The van der Waals surface area contributed by atoms with Gasteiger partial charge in [0, 0.05) is 19.7 Å². The molecule has 0 unspecified atom stereocenters. The van der Waals surface area contributed by atoms with Gasteiger partial charge in [0.25, 0.3) is 11.8 Å². The lowest BCUT2D eigenvalue weighted by Crippen LogP contribution is -2.69. The number of piperazine rings is 1. The van der Waals surface area contributed by atoms with E-state index in [1.807, 2.05) is 0 Å². The highest BCUT2D eigenvalue weighted by atomic mass is 32.2. The van der Waals surface area contributed by atoms with Gasteiger partial charge in [0.2, 0.25) is 0 Å². The van der Waals surface area contributed by atoms with Crippen molar-refractivity contribution in [3.63, 3.8) is 0 Å². The summed E-state index contributed by atoms with van der Waals surface area (Å²) in [4.78, 5) is 32.0. The maximum absolute atomic E-state index is 13.7. The van der Waals surface area contributed by atoms with Crippen LogP contribution in [0.2, 0.25) is 0 Å². The van der Waals surface area contributed by atoms with Gasteiger partial charge in [-0.1, -0.05) is 41.8 Å². The Bertz CT molecular complexity index is 948. The van der Waals surface area contributed by atoms with E-state index in [4.69, 9.17) is 12.2 Å². The van der Waals surface area contributed by atoms with Crippen molar-refractivity contribution in [2.24, 2.45) is 5.41 Å². The predicted octanol–water partition coefficient (Wildman–Crippen LogP) is 2.03. The molecule has 1 aromatic heterocycles. The molecule has 10 heteroatoms. The molecule has 146 valence electrons. The molecular formula is C18H18N4O3S3. The second kappa shape index (κ2) is 6.16. The van der Waals surface area contributed by atoms with E-state index in [0.717, 1.165) is 0 Å². The molecule has 28 heavy (non-hydrogen) atoms. The fourth-order valence-corrected chi connectivity index (χ4v) is 8.18. The molecule has 1 spiro atoms. The van der Waals surface area contributed by atoms with Crippen LogP contribution in [-0.4, -0.2) is 52.0 Å². The quantitative estimate of drug-likeness (QED) is 0.706. The Morgan fingerprint density at radius 1 is 1.36 bits per heavy atom. The molecule has 1 aromatic rings. The predicted molar refractivity (Wildman–Crippen MR) is 110 cm³/mol. The van der Waals surface area contributed by atoms with Crippen LogP contribution in [0, 0.1) is 16.7 Å². The summed E-state index contributed by atoms with van der Waals surface area (Å²) in [5.74, 6) is -0.446. The summed E-state index contributed by atoms with van der Waals surface area (Å²) >= 11 is 7.89. The Morgan fingerprint density at radius 3 is 2.64 bits per heavy atom. The van der Waals surface area contributed by atoms with E-state index in [9.17, 15) is 20.0 Å². The summed E-state index contributed by atoms with van der Waals surface area (Å²) in [6.07, 6.45) is 1.75. The van der Waals surface area contributed by atoms with Crippen molar-refractivity contribution in [2.75, 3.05) is 7.05 Å². The lowest BCUT2D eigenvalue weighted by atomic mass is 9.80. The van der Waals surface area contributed by atoms with E-state index in [1.165, 1.54) is 28.4 Å². The molecule has 4 aliphatic rings. The number of amides is 2. The van der Waals surface area contributed by atoms with Crippen LogP contribution in [0.1, 0.15) is 37.6 Å². The summed E-state index contributed by atoms with van der Waals surface area (Å²) in [5, 5.41) is 19.3. The Labute approximate surface area is 176 Å². The van der Waals surface area contributed by atoms with Gasteiger partial charge >= 0.3 is 0 Å². The fraction of sp³-hybridized carbons (Fsp3) is 0.500. The zero-order valence-corrected chi connectivity index (χ0v) is 18.0. The molecule has 4 fully saturated rings. The molecular weight excluding hydrogens is 416 g/mol. The number of aliphatic hydroxyl groups is 1. The minimum atomic E-state index is -1.24. The largest absolute Gasteiger partial charge is 0.390 e. The SMILES string of the molecule is CN1C(=O)[C@@]23C[C@](C)(C#N)[C@H](c4ccc(CO)nc4)N2C(=O)[C@]1(C)SC(=S)S3. The molecule has 0 saturated carbocycles. The normalized spacial score (nSPS) is 37.1. The van der Waals surface area contributed by atoms with E-state index in [0.29, 0.717) is 14.8 Å². The lowest BCUT2D eigenvalue weighted by Gasteiger charge is -2.49. The van der Waals surface area contributed by atoms with Gasteiger partial charge in [0.15, 0.2) is 9.74 Å². The summed E-state index contributed by atoms with van der Waals surface area (Å²) in [6, 6.07) is 5.14. The molecule has 4 aliphatic heterocycles. The Kier molecular flexibility index (Phi) is 4.32.